The van der Waals surface area contributed by atoms with Crippen LogP contribution in [0.3, 0.4) is 0 Å². The Morgan fingerprint density at radius 1 is 0.917 bits per heavy atom. The minimum absolute atomic E-state index is 0.694. The van der Waals surface area contributed by atoms with Gasteiger partial charge in [0, 0.05) is 11.6 Å². The summed E-state index contributed by atoms with van der Waals surface area (Å²) < 4.78 is 5.79. The highest BCUT2D eigenvalue weighted by Gasteiger charge is 2.01. The van der Waals surface area contributed by atoms with Crippen molar-refractivity contribution in [2.45, 2.75) is 13.5 Å². The first kappa shape index (κ1) is 16.2. The van der Waals surface area contributed by atoms with Gasteiger partial charge in [0.1, 0.15) is 11.5 Å². The molecule has 0 atom stereocenters. The topological polar surface area (TPSA) is 47.3 Å². The van der Waals surface area contributed by atoms with Crippen LogP contribution in [-0.4, -0.2) is 0 Å². The normalized spacial score (nSPS) is 10.4. The molecule has 0 spiro atoms. The Hall–Kier alpha value is -2.65. The quantitative estimate of drug-likeness (QED) is 0.592. The zero-order valence-electron chi connectivity index (χ0n) is 13.4. The fourth-order valence-electron chi connectivity index (χ4n) is 2.33. The van der Waals surface area contributed by atoms with Gasteiger partial charge < -0.3 is 15.8 Å². The molecule has 0 unspecified atom stereocenters. The summed E-state index contributed by atoms with van der Waals surface area (Å²) >= 11 is 5.87. The average Bonchev–Trinajstić information content (AvgIpc) is 2.59. The number of anilines is 2. The van der Waals surface area contributed by atoms with E-state index in [2.05, 4.69) is 5.32 Å². The molecule has 0 radical (unpaired) electrons. The summed E-state index contributed by atoms with van der Waals surface area (Å²) in [4.78, 5) is 0. The molecular formula is C20H19ClN2O. The van der Waals surface area contributed by atoms with Gasteiger partial charge in [0.25, 0.3) is 0 Å². The highest BCUT2D eigenvalue weighted by molar-refractivity contribution is 6.30. The first-order valence-electron chi connectivity index (χ1n) is 7.72. The van der Waals surface area contributed by atoms with Crippen molar-refractivity contribution in [3.8, 4) is 11.5 Å². The summed E-state index contributed by atoms with van der Waals surface area (Å²) in [6.07, 6.45) is 0. The maximum atomic E-state index is 5.98. The van der Waals surface area contributed by atoms with Crippen LogP contribution in [0.2, 0.25) is 5.02 Å². The van der Waals surface area contributed by atoms with E-state index in [1.165, 1.54) is 5.56 Å². The molecule has 3 aromatic carbocycles. The lowest BCUT2D eigenvalue weighted by Crippen LogP contribution is -2.02. The first-order valence-corrected chi connectivity index (χ1v) is 8.10. The SMILES string of the molecule is Cc1ccc(N)c(NCc2ccc(Oc3ccc(Cl)cc3)cc2)c1. The molecule has 0 aliphatic carbocycles. The van der Waals surface area contributed by atoms with Crippen LogP contribution in [0.5, 0.6) is 11.5 Å². The number of halogens is 1. The lowest BCUT2D eigenvalue weighted by molar-refractivity contribution is 0.482. The summed E-state index contributed by atoms with van der Waals surface area (Å²) in [6, 6.07) is 21.2. The minimum atomic E-state index is 0.694. The number of nitrogens with two attached hydrogens (primary N) is 1. The van der Waals surface area contributed by atoms with Crippen molar-refractivity contribution < 1.29 is 4.74 Å². The Bertz CT molecular complexity index is 814. The molecule has 3 nitrogen and oxygen atoms in total. The smallest absolute Gasteiger partial charge is 0.127 e. The molecule has 0 aliphatic rings. The molecule has 122 valence electrons. The van der Waals surface area contributed by atoms with Crippen molar-refractivity contribution in [2.75, 3.05) is 11.1 Å². The van der Waals surface area contributed by atoms with E-state index in [4.69, 9.17) is 22.1 Å². The zero-order chi connectivity index (χ0) is 16.9. The van der Waals surface area contributed by atoms with Gasteiger partial charge in [-0.15, -0.1) is 0 Å². The molecular weight excluding hydrogens is 320 g/mol. The molecule has 0 aromatic heterocycles. The van der Waals surface area contributed by atoms with Gasteiger partial charge >= 0.3 is 0 Å². The van der Waals surface area contributed by atoms with E-state index in [9.17, 15) is 0 Å². The predicted molar refractivity (Wildman–Crippen MR) is 101 cm³/mol. The molecule has 0 amide bonds. The van der Waals surface area contributed by atoms with E-state index < -0.39 is 0 Å². The molecule has 0 heterocycles. The zero-order valence-corrected chi connectivity index (χ0v) is 14.2. The van der Waals surface area contributed by atoms with E-state index >= 15 is 0 Å². The van der Waals surface area contributed by atoms with Gasteiger partial charge in [0.2, 0.25) is 0 Å². The second kappa shape index (κ2) is 7.28. The van der Waals surface area contributed by atoms with Crippen LogP contribution in [0, 0.1) is 6.92 Å². The van der Waals surface area contributed by atoms with Crippen molar-refractivity contribution >= 4 is 23.0 Å². The van der Waals surface area contributed by atoms with E-state index in [1.54, 1.807) is 12.1 Å². The third kappa shape index (κ3) is 4.21. The fraction of sp³-hybridized carbons (Fsp3) is 0.100. The third-order valence-corrected chi connectivity index (χ3v) is 3.92. The minimum Gasteiger partial charge on any atom is -0.457 e. The van der Waals surface area contributed by atoms with Gasteiger partial charge in [0.15, 0.2) is 0 Å². The maximum Gasteiger partial charge on any atom is 0.127 e. The maximum absolute atomic E-state index is 5.98. The number of aryl methyl sites for hydroxylation is 1. The molecule has 0 aliphatic heterocycles. The van der Waals surface area contributed by atoms with Crippen molar-refractivity contribution in [3.05, 3.63) is 82.9 Å². The number of benzene rings is 3. The molecule has 0 saturated heterocycles. The van der Waals surface area contributed by atoms with Crippen molar-refractivity contribution in [1.29, 1.82) is 0 Å². The Labute approximate surface area is 147 Å². The molecule has 0 fully saturated rings. The van der Waals surface area contributed by atoms with Crippen LogP contribution in [0.4, 0.5) is 11.4 Å². The molecule has 0 bridgehead atoms. The first-order chi connectivity index (χ1) is 11.6. The second-order valence-corrected chi connectivity index (χ2v) is 6.08. The number of nitrogens with one attached hydrogen (secondary N) is 1. The number of ether oxygens (including phenoxy) is 1. The highest BCUT2D eigenvalue weighted by Crippen LogP contribution is 2.24. The van der Waals surface area contributed by atoms with Crippen LogP contribution in [0.1, 0.15) is 11.1 Å². The molecule has 0 saturated carbocycles. The number of hydrogen-bond donors (Lipinski definition) is 2. The third-order valence-electron chi connectivity index (χ3n) is 3.66. The Morgan fingerprint density at radius 3 is 2.21 bits per heavy atom. The standard InChI is InChI=1S/C20H19ClN2O/c1-14-2-11-19(22)20(12-14)23-13-15-3-7-17(8-4-15)24-18-9-5-16(21)6-10-18/h2-12,23H,13,22H2,1H3. The summed E-state index contributed by atoms with van der Waals surface area (Å²) in [5.41, 5.74) is 10.0. The molecule has 4 heteroatoms. The summed E-state index contributed by atoms with van der Waals surface area (Å²) in [5.74, 6) is 1.55. The number of nitrogen functional groups attached to an aromatic ring is 1. The largest absolute Gasteiger partial charge is 0.457 e. The van der Waals surface area contributed by atoms with Crippen LogP contribution >= 0.6 is 11.6 Å². The van der Waals surface area contributed by atoms with Crippen molar-refractivity contribution in [1.82, 2.24) is 0 Å². The van der Waals surface area contributed by atoms with Crippen LogP contribution in [0.25, 0.3) is 0 Å². The summed E-state index contributed by atoms with van der Waals surface area (Å²) in [7, 11) is 0. The van der Waals surface area contributed by atoms with Gasteiger partial charge in [-0.25, -0.2) is 0 Å². The Morgan fingerprint density at radius 2 is 1.54 bits per heavy atom. The number of rotatable bonds is 5. The monoisotopic (exact) mass is 338 g/mol. The van der Waals surface area contributed by atoms with Crippen molar-refractivity contribution in [2.24, 2.45) is 0 Å². The van der Waals surface area contributed by atoms with Gasteiger partial charge in [-0.1, -0.05) is 29.8 Å². The van der Waals surface area contributed by atoms with Crippen molar-refractivity contribution in [3.63, 3.8) is 0 Å². The van der Waals surface area contributed by atoms with E-state index in [1.807, 2.05) is 61.5 Å². The van der Waals surface area contributed by atoms with E-state index in [0.29, 0.717) is 11.6 Å². The fourth-order valence-corrected chi connectivity index (χ4v) is 2.46. The predicted octanol–water partition coefficient (Wildman–Crippen LogP) is 5.64. The molecule has 3 aromatic rings. The van der Waals surface area contributed by atoms with Crippen LogP contribution in [0.15, 0.2) is 66.7 Å². The van der Waals surface area contributed by atoms with E-state index in [0.717, 1.165) is 28.4 Å². The lowest BCUT2D eigenvalue weighted by atomic mass is 10.1. The van der Waals surface area contributed by atoms with E-state index in [-0.39, 0.29) is 0 Å². The van der Waals surface area contributed by atoms with Gasteiger partial charge in [-0.3, -0.25) is 0 Å². The van der Waals surface area contributed by atoms with Gasteiger partial charge in [0.05, 0.1) is 11.4 Å². The van der Waals surface area contributed by atoms with Gasteiger partial charge in [-0.2, -0.15) is 0 Å². The number of hydrogen-bond acceptors (Lipinski definition) is 3. The summed E-state index contributed by atoms with van der Waals surface area (Å²) in [6.45, 7) is 2.75. The van der Waals surface area contributed by atoms with Gasteiger partial charge in [-0.05, 0) is 66.6 Å². The Balaban J connectivity index is 1.62. The average molecular weight is 339 g/mol. The second-order valence-electron chi connectivity index (χ2n) is 5.64. The molecule has 3 rings (SSSR count). The lowest BCUT2D eigenvalue weighted by Gasteiger charge is -2.11. The van der Waals surface area contributed by atoms with Crippen LogP contribution in [-0.2, 0) is 6.54 Å². The highest BCUT2D eigenvalue weighted by atomic mass is 35.5. The molecule has 24 heavy (non-hydrogen) atoms. The Kier molecular flexibility index (Phi) is 4.92. The van der Waals surface area contributed by atoms with Crippen LogP contribution < -0.4 is 15.8 Å². The summed E-state index contributed by atoms with van der Waals surface area (Å²) in [5, 5.41) is 4.06. The molecule has 3 N–H and O–H groups in total.